The molecule has 1 amide bonds. The van der Waals surface area contributed by atoms with Gasteiger partial charge in [-0.1, -0.05) is 6.92 Å². The quantitative estimate of drug-likeness (QED) is 0.534. The summed E-state index contributed by atoms with van der Waals surface area (Å²) >= 11 is 0. The molecule has 8 heteroatoms. The van der Waals surface area contributed by atoms with E-state index < -0.39 is 6.09 Å². The summed E-state index contributed by atoms with van der Waals surface area (Å²) in [5, 5.41) is 11.0. The molecule has 0 saturated carbocycles. The van der Waals surface area contributed by atoms with Crippen molar-refractivity contribution in [2.75, 3.05) is 13.1 Å². The van der Waals surface area contributed by atoms with E-state index in [0.717, 1.165) is 53.6 Å². The monoisotopic (exact) mass is 356 g/mol. The lowest BCUT2D eigenvalue weighted by atomic mass is 10.0. The van der Waals surface area contributed by atoms with Gasteiger partial charge in [-0.05, 0) is 37.9 Å². The molecule has 0 bridgehead atoms. The molecule has 1 unspecified atom stereocenters. The fourth-order valence-corrected chi connectivity index (χ4v) is 3.17. The Bertz CT molecular complexity index is 907. The number of unbranched alkanes of at least 4 members (excludes halogenated alkanes) is 1. The van der Waals surface area contributed by atoms with E-state index in [1.807, 2.05) is 18.5 Å². The van der Waals surface area contributed by atoms with Gasteiger partial charge in [-0.2, -0.15) is 0 Å². The summed E-state index contributed by atoms with van der Waals surface area (Å²) in [6, 6.07) is 3.85. The Hall–Kier alpha value is -2.74. The van der Waals surface area contributed by atoms with Crippen molar-refractivity contribution in [3.05, 3.63) is 30.4 Å². The van der Waals surface area contributed by atoms with Crippen LogP contribution in [0.3, 0.4) is 0 Å². The van der Waals surface area contributed by atoms with Crippen LogP contribution in [0.5, 0.6) is 0 Å². The maximum Gasteiger partial charge on any atom is 0.404 e. The lowest BCUT2D eigenvalue weighted by molar-refractivity contribution is 0.194. The molecule has 8 nitrogen and oxygen atoms in total. The fourth-order valence-electron chi connectivity index (χ4n) is 3.17. The highest BCUT2D eigenvalue weighted by Crippen LogP contribution is 2.29. The number of hydrogen-bond acceptors (Lipinski definition) is 5. The zero-order valence-corrected chi connectivity index (χ0v) is 14.9. The second-order valence-corrected chi connectivity index (χ2v) is 6.42. The summed E-state index contributed by atoms with van der Waals surface area (Å²) in [6.07, 6.45) is 5.05. The number of nitrogens with zero attached hydrogens (tertiary/aromatic N) is 4. The topological polar surface area (TPSA) is 119 Å². The van der Waals surface area contributed by atoms with Crippen LogP contribution >= 0.6 is 0 Å². The molecule has 0 aliphatic rings. The van der Waals surface area contributed by atoms with E-state index >= 15 is 0 Å². The normalized spacial score (nSPS) is 12.5. The number of hydrogen-bond donors (Lipinski definition) is 3. The van der Waals surface area contributed by atoms with Crippen LogP contribution in [0.2, 0.25) is 0 Å². The minimum atomic E-state index is -0.988. The Morgan fingerprint density at radius 3 is 2.96 bits per heavy atom. The van der Waals surface area contributed by atoms with Gasteiger partial charge >= 0.3 is 6.09 Å². The molecule has 3 heterocycles. The lowest BCUT2D eigenvalue weighted by Crippen LogP contribution is -2.21. The molecule has 3 aromatic heterocycles. The van der Waals surface area contributed by atoms with Crippen molar-refractivity contribution in [1.29, 1.82) is 0 Å². The molecule has 0 radical (unpaired) electrons. The SMILES string of the molecule is CC(CCN)c1nc2cccnc2c2c1ncn2CCCCNC(=O)O. The van der Waals surface area contributed by atoms with Crippen molar-refractivity contribution in [2.45, 2.75) is 38.6 Å². The molecule has 0 spiro atoms. The first-order valence-corrected chi connectivity index (χ1v) is 8.88. The Balaban J connectivity index is 1.94. The molecule has 4 N–H and O–H groups in total. The third-order valence-corrected chi connectivity index (χ3v) is 4.50. The van der Waals surface area contributed by atoms with Crippen LogP contribution in [0.1, 0.15) is 37.8 Å². The zero-order chi connectivity index (χ0) is 18.5. The standard InChI is InChI=1S/C18H24N6O2/c1-12(6-7-19)14-16-17(15-13(23-14)5-4-9-20-15)24(11-22-16)10-3-2-8-21-18(25)26/h4-5,9,11-12,21H,2-3,6-8,10,19H2,1H3,(H,25,26). The van der Waals surface area contributed by atoms with Gasteiger partial charge in [0.1, 0.15) is 11.0 Å². The second kappa shape index (κ2) is 8.09. The van der Waals surface area contributed by atoms with Crippen LogP contribution in [-0.2, 0) is 6.54 Å². The third-order valence-electron chi connectivity index (χ3n) is 4.50. The summed E-state index contributed by atoms with van der Waals surface area (Å²) in [6.45, 7) is 3.92. The molecular formula is C18H24N6O2. The van der Waals surface area contributed by atoms with Crippen molar-refractivity contribution in [1.82, 2.24) is 24.8 Å². The van der Waals surface area contributed by atoms with Crippen molar-refractivity contribution in [3.63, 3.8) is 0 Å². The third kappa shape index (κ3) is 3.75. The predicted octanol–water partition coefficient (Wildman–Crippen LogP) is 2.48. The number of nitrogens with two attached hydrogens (primary N) is 1. The van der Waals surface area contributed by atoms with E-state index in [2.05, 4.69) is 26.8 Å². The van der Waals surface area contributed by atoms with Gasteiger partial charge in [-0.25, -0.2) is 14.8 Å². The Morgan fingerprint density at radius 2 is 2.19 bits per heavy atom. The fraction of sp³-hybridized carbons (Fsp3) is 0.444. The zero-order valence-electron chi connectivity index (χ0n) is 14.9. The van der Waals surface area contributed by atoms with Gasteiger partial charge in [0.25, 0.3) is 0 Å². The van der Waals surface area contributed by atoms with Crippen LogP contribution in [0.15, 0.2) is 24.7 Å². The molecule has 138 valence electrons. The van der Waals surface area contributed by atoms with Gasteiger partial charge in [0.2, 0.25) is 0 Å². The van der Waals surface area contributed by atoms with Crippen molar-refractivity contribution >= 4 is 28.2 Å². The van der Waals surface area contributed by atoms with Gasteiger partial charge < -0.3 is 20.7 Å². The highest BCUT2D eigenvalue weighted by molar-refractivity contribution is 6.00. The van der Waals surface area contributed by atoms with E-state index in [-0.39, 0.29) is 5.92 Å². The molecule has 26 heavy (non-hydrogen) atoms. The first-order valence-electron chi connectivity index (χ1n) is 8.88. The van der Waals surface area contributed by atoms with Gasteiger partial charge in [0.15, 0.2) is 0 Å². The summed E-state index contributed by atoms with van der Waals surface area (Å²) in [7, 11) is 0. The largest absolute Gasteiger partial charge is 0.465 e. The number of amides is 1. The first-order chi connectivity index (χ1) is 12.6. The van der Waals surface area contributed by atoms with Gasteiger partial charge in [-0.15, -0.1) is 0 Å². The Morgan fingerprint density at radius 1 is 1.35 bits per heavy atom. The van der Waals surface area contributed by atoms with Crippen molar-refractivity contribution in [2.24, 2.45) is 5.73 Å². The number of rotatable bonds is 8. The first kappa shape index (κ1) is 18.1. The molecule has 3 rings (SSSR count). The number of aromatic nitrogens is 4. The molecule has 0 saturated heterocycles. The van der Waals surface area contributed by atoms with Crippen LogP contribution in [0.4, 0.5) is 4.79 Å². The van der Waals surface area contributed by atoms with E-state index in [0.29, 0.717) is 13.1 Å². The maximum atomic E-state index is 10.5. The number of pyridine rings is 2. The second-order valence-electron chi connectivity index (χ2n) is 6.42. The van der Waals surface area contributed by atoms with E-state index in [1.54, 1.807) is 6.20 Å². The van der Waals surface area contributed by atoms with E-state index in [4.69, 9.17) is 15.8 Å². The molecule has 0 fully saturated rings. The molecule has 0 aromatic carbocycles. The predicted molar refractivity (Wildman–Crippen MR) is 100 cm³/mol. The minimum Gasteiger partial charge on any atom is -0.465 e. The average Bonchev–Trinajstić information content (AvgIpc) is 3.05. The number of carbonyl (C=O) groups is 1. The number of aryl methyl sites for hydroxylation is 1. The summed E-state index contributed by atoms with van der Waals surface area (Å²) in [5.41, 5.74) is 10.2. The highest BCUT2D eigenvalue weighted by atomic mass is 16.4. The molecule has 1 atom stereocenters. The number of fused-ring (bicyclic) bond motifs is 3. The highest BCUT2D eigenvalue weighted by Gasteiger charge is 2.18. The van der Waals surface area contributed by atoms with Gasteiger partial charge in [0.05, 0.1) is 23.1 Å². The van der Waals surface area contributed by atoms with Crippen LogP contribution in [-0.4, -0.2) is 43.8 Å². The number of imidazole rings is 1. The molecule has 0 aliphatic carbocycles. The molecule has 3 aromatic rings. The smallest absolute Gasteiger partial charge is 0.404 e. The number of carboxylic acid groups (broad SMARTS) is 1. The Labute approximate surface area is 151 Å². The van der Waals surface area contributed by atoms with E-state index in [1.165, 1.54) is 0 Å². The molecule has 0 aliphatic heterocycles. The Kier molecular flexibility index (Phi) is 5.62. The van der Waals surface area contributed by atoms with Crippen LogP contribution < -0.4 is 11.1 Å². The minimum absolute atomic E-state index is 0.218. The summed E-state index contributed by atoms with van der Waals surface area (Å²) in [5.74, 6) is 0.218. The molecular weight excluding hydrogens is 332 g/mol. The van der Waals surface area contributed by atoms with Crippen molar-refractivity contribution < 1.29 is 9.90 Å². The average molecular weight is 356 g/mol. The van der Waals surface area contributed by atoms with Gasteiger partial charge in [-0.3, -0.25) is 4.98 Å². The van der Waals surface area contributed by atoms with Gasteiger partial charge in [0, 0.05) is 25.2 Å². The maximum absolute atomic E-state index is 10.5. The van der Waals surface area contributed by atoms with Crippen molar-refractivity contribution in [3.8, 4) is 0 Å². The van der Waals surface area contributed by atoms with E-state index in [9.17, 15) is 4.79 Å². The number of nitrogens with one attached hydrogen (secondary N) is 1. The van der Waals surface area contributed by atoms with Crippen LogP contribution in [0.25, 0.3) is 22.1 Å². The summed E-state index contributed by atoms with van der Waals surface area (Å²) in [4.78, 5) is 24.4. The summed E-state index contributed by atoms with van der Waals surface area (Å²) < 4.78 is 2.09. The van der Waals surface area contributed by atoms with Crippen LogP contribution in [0, 0.1) is 0 Å². The lowest BCUT2D eigenvalue weighted by Gasteiger charge is -2.13.